The van der Waals surface area contributed by atoms with E-state index in [0.717, 1.165) is 23.2 Å². The van der Waals surface area contributed by atoms with Gasteiger partial charge in [0, 0.05) is 41.7 Å². The highest BCUT2D eigenvalue weighted by atomic mass is 35.5. The number of carboxylic acids is 1. The largest absolute Gasteiger partial charge is 0.481 e. The van der Waals surface area contributed by atoms with Gasteiger partial charge in [0.15, 0.2) is 0 Å². The summed E-state index contributed by atoms with van der Waals surface area (Å²) in [5, 5.41) is 10.1. The maximum Gasteiger partial charge on any atom is 0.303 e. The quantitative estimate of drug-likeness (QED) is 0.491. The Labute approximate surface area is 203 Å². The predicted octanol–water partition coefficient (Wildman–Crippen LogP) is 4.50. The lowest BCUT2D eigenvalue weighted by atomic mass is 10.1. The third kappa shape index (κ3) is 5.03. The molecule has 0 radical (unpaired) electrons. The number of benzene rings is 2. The van der Waals surface area contributed by atoms with E-state index in [1.807, 2.05) is 18.2 Å². The molecule has 0 fully saturated rings. The van der Waals surface area contributed by atoms with Crippen molar-refractivity contribution < 1.29 is 23.1 Å². The predicted molar refractivity (Wildman–Crippen MR) is 134 cm³/mol. The number of amides is 1. The van der Waals surface area contributed by atoms with Gasteiger partial charge in [-0.05, 0) is 66.8 Å². The number of aliphatic carboxylic acids is 1. The SMILES string of the molecule is CC(=O)N1CCc2cc(C=CCS(=O)(=O)n3c(CCCC(=O)O)cc4cc(Cl)ccc43)ccc21. The Bertz CT molecular complexity index is 1410. The Hall–Kier alpha value is -3.10. The molecule has 1 amide bonds. The van der Waals surface area contributed by atoms with Crippen LogP contribution < -0.4 is 4.90 Å². The van der Waals surface area contributed by atoms with E-state index in [9.17, 15) is 18.0 Å². The molecule has 7 nitrogen and oxygen atoms in total. The van der Waals surface area contributed by atoms with Crippen LogP contribution in [0, 0.1) is 0 Å². The van der Waals surface area contributed by atoms with Crippen molar-refractivity contribution in [2.75, 3.05) is 17.2 Å². The molecule has 2 heterocycles. The van der Waals surface area contributed by atoms with Crippen LogP contribution in [0.5, 0.6) is 0 Å². The van der Waals surface area contributed by atoms with Gasteiger partial charge < -0.3 is 10.0 Å². The monoisotopic (exact) mass is 500 g/mol. The second-order valence-electron chi connectivity index (χ2n) is 8.34. The Kier molecular flexibility index (Phi) is 6.81. The van der Waals surface area contributed by atoms with Crippen molar-refractivity contribution in [3.05, 3.63) is 70.4 Å². The fourth-order valence-electron chi connectivity index (χ4n) is 4.37. The summed E-state index contributed by atoms with van der Waals surface area (Å²) in [5.41, 5.74) is 3.89. The molecule has 1 aliphatic heterocycles. The molecule has 0 bridgehead atoms. The molecule has 2 aromatic carbocycles. The van der Waals surface area contributed by atoms with Crippen molar-refractivity contribution in [2.24, 2.45) is 0 Å². The van der Waals surface area contributed by atoms with Crippen LogP contribution in [0.3, 0.4) is 0 Å². The lowest BCUT2D eigenvalue weighted by Crippen LogP contribution is -2.25. The first-order valence-electron chi connectivity index (χ1n) is 11.0. The second-order valence-corrected chi connectivity index (χ2v) is 10.6. The van der Waals surface area contributed by atoms with Crippen LogP contribution in [0.1, 0.15) is 36.6 Å². The molecule has 9 heteroatoms. The highest BCUT2D eigenvalue weighted by Gasteiger charge is 2.22. The molecule has 0 aliphatic carbocycles. The molecular weight excluding hydrogens is 476 g/mol. The van der Waals surface area contributed by atoms with Gasteiger partial charge in [-0.2, -0.15) is 0 Å². The number of halogens is 1. The van der Waals surface area contributed by atoms with Crippen LogP contribution in [-0.4, -0.2) is 41.7 Å². The summed E-state index contributed by atoms with van der Waals surface area (Å²) in [6, 6.07) is 12.5. The van der Waals surface area contributed by atoms with Gasteiger partial charge in [0.2, 0.25) is 15.9 Å². The normalized spacial score (nSPS) is 13.6. The Morgan fingerprint density at radius 3 is 2.68 bits per heavy atom. The molecule has 1 aromatic heterocycles. The standard InChI is InChI=1S/C25H25ClN2O5S/c1-17(29)27-12-11-19-14-18(7-9-23(19)27)4-3-13-34(32,33)28-22(5-2-6-25(30)31)16-20-15-21(26)8-10-24(20)28/h3-4,7-10,14-16H,2,5-6,11-13H2,1H3,(H,30,31). The molecule has 0 spiro atoms. The molecule has 3 aromatic rings. The van der Waals surface area contributed by atoms with E-state index in [-0.39, 0.29) is 18.1 Å². The minimum absolute atomic E-state index is 0.00697. The Morgan fingerprint density at radius 2 is 1.94 bits per heavy atom. The number of hydrogen-bond donors (Lipinski definition) is 1. The van der Waals surface area contributed by atoms with Gasteiger partial charge in [0.1, 0.15) is 0 Å². The van der Waals surface area contributed by atoms with Crippen LogP contribution in [0.4, 0.5) is 5.69 Å². The number of carbonyl (C=O) groups excluding carboxylic acids is 1. The van der Waals surface area contributed by atoms with Gasteiger partial charge >= 0.3 is 5.97 Å². The number of fused-ring (bicyclic) bond motifs is 2. The number of carboxylic acid groups (broad SMARTS) is 1. The zero-order valence-electron chi connectivity index (χ0n) is 18.7. The third-order valence-corrected chi connectivity index (χ3v) is 7.73. The average molecular weight is 501 g/mol. The summed E-state index contributed by atoms with van der Waals surface area (Å²) in [5.74, 6) is -1.13. The van der Waals surface area contributed by atoms with Gasteiger partial charge in [0.05, 0.1) is 11.3 Å². The fraction of sp³-hybridized carbons (Fsp3) is 0.280. The molecule has 0 atom stereocenters. The molecule has 1 N–H and O–H groups in total. The highest BCUT2D eigenvalue weighted by Crippen LogP contribution is 2.30. The molecule has 178 valence electrons. The van der Waals surface area contributed by atoms with Crippen LogP contribution >= 0.6 is 11.6 Å². The van der Waals surface area contributed by atoms with E-state index in [0.29, 0.717) is 41.0 Å². The first-order valence-corrected chi connectivity index (χ1v) is 13.0. The highest BCUT2D eigenvalue weighted by molar-refractivity contribution is 7.90. The number of rotatable bonds is 8. The fourth-order valence-corrected chi connectivity index (χ4v) is 6.01. The minimum Gasteiger partial charge on any atom is -0.481 e. The molecule has 34 heavy (non-hydrogen) atoms. The van der Waals surface area contributed by atoms with Crippen molar-refractivity contribution >= 4 is 56.2 Å². The van der Waals surface area contributed by atoms with Crippen molar-refractivity contribution in [3.8, 4) is 0 Å². The van der Waals surface area contributed by atoms with E-state index in [1.54, 1.807) is 48.2 Å². The average Bonchev–Trinajstić information content (AvgIpc) is 3.34. The summed E-state index contributed by atoms with van der Waals surface area (Å²) in [4.78, 5) is 24.4. The van der Waals surface area contributed by atoms with Crippen molar-refractivity contribution in [1.82, 2.24) is 3.97 Å². The first kappa shape index (κ1) is 24.0. The smallest absolute Gasteiger partial charge is 0.303 e. The van der Waals surface area contributed by atoms with E-state index < -0.39 is 16.0 Å². The van der Waals surface area contributed by atoms with Crippen LogP contribution in [0.2, 0.25) is 5.02 Å². The molecule has 1 aliphatic rings. The van der Waals surface area contributed by atoms with Gasteiger partial charge in [-0.25, -0.2) is 12.4 Å². The van der Waals surface area contributed by atoms with Crippen LogP contribution in [-0.2, 0) is 32.5 Å². The van der Waals surface area contributed by atoms with E-state index in [2.05, 4.69) is 0 Å². The number of aryl methyl sites for hydroxylation is 1. The van der Waals surface area contributed by atoms with Crippen molar-refractivity contribution in [1.29, 1.82) is 0 Å². The molecule has 4 rings (SSSR count). The second kappa shape index (κ2) is 9.64. The summed E-state index contributed by atoms with van der Waals surface area (Å²) in [6.07, 6.45) is 4.75. The summed E-state index contributed by atoms with van der Waals surface area (Å²) in [6.45, 7) is 2.20. The molecule has 0 saturated carbocycles. The summed E-state index contributed by atoms with van der Waals surface area (Å²) in [7, 11) is -3.75. The van der Waals surface area contributed by atoms with Crippen LogP contribution in [0.15, 0.2) is 48.5 Å². The van der Waals surface area contributed by atoms with Crippen molar-refractivity contribution in [2.45, 2.75) is 32.6 Å². The van der Waals surface area contributed by atoms with Gasteiger partial charge in [0.25, 0.3) is 0 Å². The Morgan fingerprint density at radius 1 is 1.15 bits per heavy atom. The number of carbonyl (C=O) groups is 2. The maximum atomic E-state index is 13.3. The maximum absolute atomic E-state index is 13.3. The number of hydrogen-bond acceptors (Lipinski definition) is 4. The first-order chi connectivity index (χ1) is 16.2. The van der Waals surface area contributed by atoms with Gasteiger partial charge in [-0.3, -0.25) is 9.59 Å². The topological polar surface area (TPSA) is 96.7 Å². The minimum atomic E-state index is -3.75. The zero-order valence-corrected chi connectivity index (χ0v) is 20.3. The number of nitrogens with zero attached hydrogens (tertiary/aromatic N) is 2. The lowest BCUT2D eigenvalue weighted by molar-refractivity contribution is -0.137. The molecule has 0 saturated heterocycles. The summed E-state index contributed by atoms with van der Waals surface area (Å²) >= 11 is 6.09. The van der Waals surface area contributed by atoms with E-state index in [1.165, 1.54) is 3.97 Å². The van der Waals surface area contributed by atoms with E-state index in [4.69, 9.17) is 16.7 Å². The van der Waals surface area contributed by atoms with Crippen molar-refractivity contribution in [3.63, 3.8) is 0 Å². The molecule has 0 unspecified atom stereocenters. The van der Waals surface area contributed by atoms with E-state index >= 15 is 0 Å². The lowest BCUT2D eigenvalue weighted by Gasteiger charge is -2.14. The number of anilines is 1. The zero-order chi connectivity index (χ0) is 24.5. The van der Waals surface area contributed by atoms with Gasteiger partial charge in [-0.1, -0.05) is 29.8 Å². The molecular formula is C25H25ClN2O5S. The third-order valence-electron chi connectivity index (χ3n) is 5.89. The number of aromatic nitrogens is 1. The van der Waals surface area contributed by atoms with Gasteiger partial charge in [-0.15, -0.1) is 0 Å². The Balaban J connectivity index is 1.58. The summed E-state index contributed by atoms with van der Waals surface area (Å²) < 4.78 is 28.0. The van der Waals surface area contributed by atoms with Crippen LogP contribution in [0.25, 0.3) is 17.0 Å².